The van der Waals surface area contributed by atoms with E-state index in [-0.39, 0.29) is 0 Å². The standard InChI is InChI=1S/C6H10S/c1-3-5-7-6-4-2/h5-6H,1-4H2. The molecule has 7 heavy (non-hydrogen) atoms. The average molecular weight is 114 g/mol. The van der Waals surface area contributed by atoms with Crippen molar-refractivity contribution in [3.05, 3.63) is 25.4 Å². The summed E-state index contributed by atoms with van der Waals surface area (Å²) in [6.45, 7) is 7.28. The molecule has 0 heterocycles. The zero-order valence-electron chi connectivity index (χ0n) is 4.39. The summed E-state index contributed by atoms with van der Waals surface area (Å²) < 4.78 is 0. The molecule has 0 aromatic heterocycles. The number of hydrogen-bond donors (Lipinski definition) is 0. The van der Waals surface area contributed by atoms with Crippen LogP contribution in [-0.4, -0.2) is 0 Å². The summed E-state index contributed by atoms with van der Waals surface area (Å²) in [5.74, 6) is 4.09. The Morgan fingerprint density at radius 3 is 1.86 bits per heavy atom. The van der Waals surface area contributed by atoms with Gasteiger partial charge in [0.25, 0.3) is 0 Å². The molecule has 0 rings (SSSR count). The van der Waals surface area contributed by atoms with Gasteiger partial charge in [-0.05, 0) is 12.8 Å². The van der Waals surface area contributed by atoms with Gasteiger partial charge in [0.1, 0.15) is 0 Å². The van der Waals surface area contributed by atoms with E-state index >= 15 is 0 Å². The lowest BCUT2D eigenvalue weighted by molar-refractivity contribution is 1.34. The lowest BCUT2D eigenvalue weighted by Gasteiger charge is -1.89. The minimum atomic E-state index is 0.890. The number of rotatable bonds is 4. The van der Waals surface area contributed by atoms with E-state index in [4.69, 9.17) is 0 Å². The fourth-order valence-electron chi connectivity index (χ4n) is 0.204. The molecular weight excluding hydrogens is 104 g/mol. The van der Waals surface area contributed by atoms with Crippen LogP contribution < -0.4 is 0 Å². The highest BCUT2D eigenvalue weighted by atomic mass is 32.2. The average Bonchev–Trinajstić information content (AvgIpc) is 1.69. The molecule has 4 radical (unpaired) electrons. The van der Waals surface area contributed by atoms with Crippen LogP contribution in [-0.2, 0) is 0 Å². The molecule has 1 heteroatoms. The van der Waals surface area contributed by atoms with Crippen molar-refractivity contribution < 1.29 is 0 Å². The van der Waals surface area contributed by atoms with Crippen molar-refractivity contribution in [2.24, 2.45) is 0 Å². The van der Waals surface area contributed by atoms with E-state index in [1.807, 2.05) is 11.5 Å². The molecule has 40 valence electrons. The third-order valence-electron chi connectivity index (χ3n) is 0.428. The van der Waals surface area contributed by atoms with Gasteiger partial charge >= 0.3 is 0 Å². The molecule has 0 aliphatic carbocycles. The summed E-state index contributed by atoms with van der Waals surface area (Å²) in [5.41, 5.74) is 0. The van der Waals surface area contributed by atoms with Crippen molar-refractivity contribution in [2.45, 2.75) is 12.8 Å². The van der Waals surface area contributed by atoms with Crippen LogP contribution in [0.2, 0.25) is 0 Å². The van der Waals surface area contributed by atoms with Crippen molar-refractivity contribution in [1.29, 1.82) is 0 Å². The quantitative estimate of drug-likeness (QED) is 0.506. The van der Waals surface area contributed by atoms with Crippen molar-refractivity contribution >= 4 is 11.8 Å². The molecule has 0 aliphatic heterocycles. The lowest BCUT2D eigenvalue weighted by Crippen LogP contribution is -1.63. The van der Waals surface area contributed by atoms with Gasteiger partial charge in [-0.1, -0.05) is 13.8 Å². The molecule has 0 spiro atoms. The van der Waals surface area contributed by atoms with Crippen LogP contribution in [0.3, 0.4) is 0 Å². The Hall–Kier alpha value is 0.350. The summed E-state index contributed by atoms with van der Waals surface area (Å²) in [4.78, 5) is 0. The van der Waals surface area contributed by atoms with Crippen molar-refractivity contribution in [3.8, 4) is 0 Å². The lowest BCUT2D eigenvalue weighted by atomic mass is 10.6. The molecule has 0 aromatic rings. The monoisotopic (exact) mass is 114 g/mol. The van der Waals surface area contributed by atoms with Crippen LogP contribution in [0.4, 0.5) is 0 Å². The third kappa shape index (κ3) is 6.35. The topological polar surface area (TPSA) is 0 Å². The Labute approximate surface area is 50.7 Å². The van der Waals surface area contributed by atoms with Crippen LogP contribution in [0.5, 0.6) is 0 Å². The van der Waals surface area contributed by atoms with Gasteiger partial charge in [-0.25, -0.2) is 0 Å². The normalized spacial score (nSPS) is 9.43. The second-order valence-corrected chi connectivity index (χ2v) is 1.99. The van der Waals surface area contributed by atoms with Crippen LogP contribution in [0.25, 0.3) is 0 Å². The highest BCUT2D eigenvalue weighted by Gasteiger charge is 1.81. The highest BCUT2D eigenvalue weighted by molar-refractivity contribution is 8.03. The molecular formula is C6H10S. The molecule has 0 amide bonds. The Kier molecular flexibility index (Phi) is 6.67. The van der Waals surface area contributed by atoms with Crippen LogP contribution in [0, 0.1) is 25.4 Å². The van der Waals surface area contributed by atoms with E-state index in [1.165, 1.54) is 0 Å². The van der Waals surface area contributed by atoms with Crippen molar-refractivity contribution in [3.63, 3.8) is 0 Å². The van der Waals surface area contributed by atoms with E-state index < -0.39 is 0 Å². The van der Waals surface area contributed by atoms with Gasteiger partial charge in [0, 0.05) is 11.5 Å². The second kappa shape index (κ2) is 6.35. The summed E-state index contributed by atoms with van der Waals surface area (Å²) in [6, 6.07) is 0. The molecule has 0 aliphatic rings. The number of hydrogen-bond acceptors (Lipinski definition) is 1. The predicted molar refractivity (Wildman–Crippen MR) is 36.1 cm³/mol. The Morgan fingerprint density at radius 2 is 1.57 bits per heavy atom. The molecule has 0 saturated heterocycles. The van der Waals surface area contributed by atoms with Gasteiger partial charge < -0.3 is 0 Å². The molecule has 0 saturated carbocycles. The maximum absolute atomic E-state index is 3.64. The first-order valence-electron chi connectivity index (χ1n) is 2.29. The number of thioether (sulfide) groups is 1. The van der Waals surface area contributed by atoms with Gasteiger partial charge in [-0.2, -0.15) is 11.8 Å². The molecule has 0 unspecified atom stereocenters. The summed E-state index contributed by atoms with van der Waals surface area (Å²) in [6.07, 6.45) is 1.78. The third-order valence-corrected chi connectivity index (χ3v) is 1.28. The minimum Gasteiger partial charge on any atom is -0.153 e. The molecule has 0 bridgehead atoms. The van der Waals surface area contributed by atoms with Gasteiger partial charge in [-0.15, -0.1) is 0 Å². The zero-order valence-corrected chi connectivity index (χ0v) is 5.21. The fraction of sp³-hybridized carbons (Fsp3) is 0.333. The van der Waals surface area contributed by atoms with Crippen LogP contribution >= 0.6 is 11.8 Å². The predicted octanol–water partition coefficient (Wildman–Crippen LogP) is 2.49. The van der Waals surface area contributed by atoms with E-state index in [9.17, 15) is 0 Å². The molecule has 0 aromatic carbocycles. The van der Waals surface area contributed by atoms with Crippen molar-refractivity contribution in [2.75, 3.05) is 0 Å². The Balaban J connectivity index is 2.45. The van der Waals surface area contributed by atoms with Crippen molar-refractivity contribution in [1.82, 2.24) is 0 Å². The summed E-state index contributed by atoms with van der Waals surface area (Å²) >= 11 is 1.68. The molecule has 0 N–H and O–H groups in total. The van der Waals surface area contributed by atoms with Crippen LogP contribution in [0.1, 0.15) is 12.8 Å². The van der Waals surface area contributed by atoms with Gasteiger partial charge in [-0.3, -0.25) is 0 Å². The molecule has 0 fully saturated rings. The van der Waals surface area contributed by atoms with E-state index in [0.717, 1.165) is 12.8 Å². The fourth-order valence-corrected chi connectivity index (χ4v) is 0.612. The SMILES string of the molecule is [CH2]C[CH]S[CH]C[CH2]. The summed E-state index contributed by atoms with van der Waals surface area (Å²) in [5, 5.41) is 0. The smallest absolute Gasteiger partial charge is 0.0169 e. The van der Waals surface area contributed by atoms with Gasteiger partial charge in [0.15, 0.2) is 0 Å². The maximum Gasteiger partial charge on any atom is 0.0169 e. The van der Waals surface area contributed by atoms with E-state index in [0.29, 0.717) is 0 Å². The van der Waals surface area contributed by atoms with Crippen LogP contribution in [0.15, 0.2) is 0 Å². The van der Waals surface area contributed by atoms with Gasteiger partial charge in [0.2, 0.25) is 0 Å². The largest absolute Gasteiger partial charge is 0.153 e. The Morgan fingerprint density at radius 1 is 1.14 bits per heavy atom. The zero-order chi connectivity index (χ0) is 5.54. The van der Waals surface area contributed by atoms with Gasteiger partial charge in [0.05, 0.1) is 0 Å². The summed E-state index contributed by atoms with van der Waals surface area (Å²) in [7, 11) is 0. The minimum absolute atomic E-state index is 0.890. The first-order chi connectivity index (χ1) is 3.41. The second-order valence-electron chi connectivity index (χ2n) is 1.05. The first-order valence-corrected chi connectivity index (χ1v) is 3.23. The maximum atomic E-state index is 3.64. The highest BCUT2D eigenvalue weighted by Crippen LogP contribution is 2.12. The first kappa shape index (κ1) is 7.35. The van der Waals surface area contributed by atoms with E-state index in [1.54, 1.807) is 11.8 Å². The molecule has 0 nitrogen and oxygen atoms in total. The van der Waals surface area contributed by atoms with E-state index in [2.05, 4.69) is 13.8 Å². The Bertz CT molecular complexity index is 23.4. The molecule has 0 atom stereocenters.